The van der Waals surface area contributed by atoms with E-state index < -0.39 is 0 Å². The van der Waals surface area contributed by atoms with Gasteiger partial charge in [-0.1, -0.05) is 19.1 Å². The average Bonchev–Trinajstić information content (AvgIpc) is 2.25. The van der Waals surface area contributed by atoms with Gasteiger partial charge in [0.1, 0.15) is 5.75 Å². The Morgan fingerprint density at radius 1 is 1.41 bits per heavy atom. The van der Waals surface area contributed by atoms with Gasteiger partial charge in [0.25, 0.3) is 0 Å². The molecule has 4 heteroatoms. The summed E-state index contributed by atoms with van der Waals surface area (Å²) in [6, 6.07) is 7.99. The maximum atomic E-state index is 10.5. The topological polar surface area (TPSA) is 52.4 Å². The number of rotatable bonds is 4. The third-order valence-electron chi connectivity index (χ3n) is 3.58. The van der Waals surface area contributed by atoms with E-state index in [-0.39, 0.29) is 16.9 Å². The summed E-state index contributed by atoms with van der Waals surface area (Å²) in [4.78, 5) is 10.3. The minimum absolute atomic E-state index is 0.0830. The standard InChI is InChI=1S/C13H17NO3/c1-13(9-14(15)16)7-11(8-13)10-3-5-12(17-2)6-4-10/h3-6,11H,7-9H2,1-2H3. The van der Waals surface area contributed by atoms with E-state index in [4.69, 9.17) is 4.74 Å². The quantitative estimate of drug-likeness (QED) is 0.595. The highest BCUT2D eigenvalue weighted by molar-refractivity contribution is 5.31. The number of nitro groups is 1. The molecule has 0 radical (unpaired) electrons. The monoisotopic (exact) mass is 235 g/mol. The molecule has 1 aromatic rings. The Kier molecular flexibility index (Phi) is 3.05. The Hall–Kier alpha value is -1.58. The molecule has 0 atom stereocenters. The lowest BCUT2D eigenvalue weighted by molar-refractivity contribution is -0.501. The molecule has 0 heterocycles. The van der Waals surface area contributed by atoms with Crippen LogP contribution in [0.25, 0.3) is 0 Å². The van der Waals surface area contributed by atoms with Crippen molar-refractivity contribution in [3.8, 4) is 5.75 Å². The van der Waals surface area contributed by atoms with E-state index >= 15 is 0 Å². The van der Waals surface area contributed by atoms with Crippen LogP contribution in [0, 0.1) is 15.5 Å². The highest BCUT2D eigenvalue weighted by Crippen LogP contribution is 2.50. The van der Waals surface area contributed by atoms with E-state index in [1.807, 2.05) is 19.1 Å². The van der Waals surface area contributed by atoms with Gasteiger partial charge in [-0.15, -0.1) is 0 Å². The van der Waals surface area contributed by atoms with E-state index in [1.54, 1.807) is 7.11 Å². The zero-order valence-corrected chi connectivity index (χ0v) is 10.2. The maximum Gasteiger partial charge on any atom is 0.209 e. The van der Waals surface area contributed by atoms with Crippen molar-refractivity contribution in [3.63, 3.8) is 0 Å². The second-order valence-corrected chi connectivity index (χ2v) is 5.18. The van der Waals surface area contributed by atoms with Crippen LogP contribution >= 0.6 is 0 Å². The number of ether oxygens (including phenoxy) is 1. The molecule has 0 aliphatic heterocycles. The van der Waals surface area contributed by atoms with Crippen LogP contribution in [0.3, 0.4) is 0 Å². The SMILES string of the molecule is COc1ccc(C2CC(C)(C[N+](=O)[O-])C2)cc1. The van der Waals surface area contributed by atoms with Crippen LogP contribution in [0.15, 0.2) is 24.3 Å². The lowest BCUT2D eigenvalue weighted by Crippen LogP contribution is -2.38. The summed E-state index contributed by atoms with van der Waals surface area (Å²) in [5.74, 6) is 1.31. The molecular weight excluding hydrogens is 218 g/mol. The number of hydrogen-bond donors (Lipinski definition) is 0. The summed E-state index contributed by atoms with van der Waals surface area (Å²) in [6.45, 7) is 2.08. The van der Waals surface area contributed by atoms with Gasteiger partial charge in [-0.25, -0.2) is 0 Å². The molecule has 1 aliphatic rings. The first-order chi connectivity index (χ1) is 8.02. The largest absolute Gasteiger partial charge is 0.497 e. The third-order valence-corrected chi connectivity index (χ3v) is 3.58. The van der Waals surface area contributed by atoms with E-state index in [0.717, 1.165) is 18.6 Å². The van der Waals surface area contributed by atoms with Gasteiger partial charge in [0.15, 0.2) is 0 Å². The molecule has 0 saturated heterocycles. The van der Waals surface area contributed by atoms with Crippen molar-refractivity contribution in [1.29, 1.82) is 0 Å². The highest BCUT2D eigenvalue weighted by atomic mass is 16.6. The first kappa shape index (κ1) is 11.9. The molecular formula is C13H17NO3. The van der Waals surface area contributed by atoms with Crippen LogP contribution in [-0.4, -0.2) is 18.6 Å². The smallest absolute Gasteiger partial charge is 0.209 e. The summed E-state index contributed by atoms with van der Waals surface area (Å²) in [5, 5.41) is 10.5. The third kappa shape index (κ3) is 2.57. The van der Waals surface area contributed by atoms with Crippen molar-refractivity contribution >= 4 is 0 Å². The Bertz CT molecular complexity index is 407. The molecule has 17 heavy (non-hydrogen) atoms. The minimum Gasteiger partial charge on any atom is -0.497 e. The zero-order chi connectivity index (χ0) is 12.5. The van der Waals surface area contributed by atoms with Crippen molar-refractivity contribution < 1.29 is 9.66 Å². The number of hydrogen-bond acceptors (Lipinski definition) is 3. The molecule has 1 fully saturated rings. The summed E-state index contributed by atoms with van der Waals surface area (Å²) < 4.78 is 5.10. The summed E-state index contributed by atoms with van der Waals surface area (Å²) >= 11 is 0. The molecule has 0 spiro atoms. The van der Waals surface area contributed by atoms with Gasteiger partial charge in [0, 0.05) is 10.3 Å². The van der Waals surface area contributed by atoms with E-state index in [1.165, 1.54) is 5.56 Å². The molecule has 0 amide bonds. The molecule has 0 unspecified atom stereocenters. The lowest BCUT2D eigenvalue weighted by atomic mass is 9.61. The fourth-order valence-corrected chi connectivity index (χ4v) is 2.68. The van der Waals surface area contributed by atoms with Crippen LogP contribution in [-0.2, 0) is 0 Å². The number of benzene rings is 1. The molecule has 2 rings (SSSR count). The summed E-state index contributed by atoms with van der Waals surface area (Å²) in [7, 11) is 1.65. The average molecular weight is 235 g/mol. The molecule has 1 aromatic carbocycles. The molecule has 1 aliphatic carbocycles. The van der Waals surface area contributed by atoms with E-state index in [0.29, 0.717) is 5.92 Å². The van der Waals surface area contributed by atoms with Crippen LogP contribution in [0.5, 0.6) is 5.75 Å². The van der Waals surface area contributed by atoms with Crippen molar-refractivity contribution in [2.24, 2.45) is 5.41 Å². The van der Waals surface area contributed by atoms with Crippen molar-refractivity contribution in [1.82, 2.24) is 0 Å². The van der Waals surface area contributed by atoms with Crippen molar-refractivity contribution in [2.75, 3.05) is 13.7 Å². The van der Waals surface area contributed by atoms with Gasteiger partial charge >= 0.3 is 0 Å². The number of methoxy groups -OCH3 is 1. The fraction of sp³-hybridized carbons (Fsp3) is 0.538. The zero-order valence-electron chi connectivity index (χ0n) is 10.2. The first-order valence-electron chi connectivity index (χ1n) is 5.78. The maximum absolute atomic E-state index is 10.5. The molecule has 1 saturated carbocycles. The predicted octanol–water partition coefficient (Wildman–Crippen LogP) is 2.86. The number of nitrogens with zero attached hydrogens (tertiary/aromatic N) is 1. The van der Waals surface area contributed by atoms with Gasteiger partial charge in [-0.3, -0.25) is 10.1 Å². The minimum atomic E-state index is -0.204. The van der Waals surface area contributed by atoms with Crippen molar-refractivity contribution in [2.45, 2.75) is 25.7 Å². The van der Waals surface area contributed by atoms with E-state index in [9.17, 15) is 10.1 Å². The highest BCUT2D eigenvalue weighted by Gasteiger charge is 2.44. The molecule has 92 valence electrons. The van der Waals surface area contributed by atoms with Gasteiger partial charge in [-0.2, -0.15) is 0 Å². The molecule has 0 bridgehead atoms. The second-order valence-electron chi connectivity index (χ2n) is 5.18. The first-order valence-corrected chi connectivity index (χ1v) is 5.78. The van der Waals surface area contributed by atoms with E-state index in [2.05, 4.69) is 12.1 Å². The van der Waals surface area contributed by atoms with Crippen LogP contribution in [0.1, 0.15) is 31.2 Å². The Morgan fingerprint density at radius 2 is 2.00 bits per heavy atom. The van der Waals surface area contributed by atoms with Crippen LogP contribution in [0.2, 0.25) is 0 Å². The Morgan fingerprint density at radius 3 is 2.47 bits per heavy atom. The van der Waals surface area contributed by atoms with Gasteiger partial charge in [-0.05, 0) is 36.5 Å². The second kappa shape index (κ2) is 4.35. The van der Waals surface area contributed by atoms with Gasteiger partial charge in [0.2, 0.25) is 6.54 Å². The summed E-state index contributed by atoms with van der Waals surface area (Å²) in [6.07, 6.45) is 1.81. The molecule has 0 N–H and O–H groups in total. The Balaban J connectivity index is 1.96. The normalized spacial score (nSPS) is 27.3. The van der Waals surface area contributed by atoms with Crippen LogP contribution in [0.4, 0.5) is 0 Å². The Labute approximate surface area is 101 Å². The predicted molar refractivity (Wildman–Crippen MR) is 64.9 cm³/mol. The lowest BCUT2D eigenvalue weighted by Gasteiger charge is -2.42. The fourth-order valence-electron chi connectivity index (χ4n) is 2.68. The molecule has 4 nitrogen and oxygen atoms in total. The molecule has 0 aromatic heterocycles. The van der Waals surface area contributed by atoms with Gasteiger partial charge < -0.3 is 4.74 Å². The summed E-state index contributed by atoms with van der Waals surface area (Å²) in [5.41, 5.74) is 1.14. The van der Waals surface area contributed by atoms with Crippen molar-refractivity contribution in [3.05, 3.63) is 39.9 Å². The van der Waals surface area contributed by atoms with Gasteiger partial charge in [0.05, 0.1) is 7.11 Å². The van der Waals surface area contributed by atoms with Crippen LogP contribution < -0.4 is 4.74 Å².